The van der Waals surface area contributed by atoms with Gasteiger partial charge in [-0.1, -0.05) is 0 Å². The third-order valence-corrected chi connectivity index (χ3v) is 3.53. The summed E-state index contributed by atoms with van der Waals surface area (Å²) in [6.45, 7) is 4.10. The van der Waals surface area contributed by atoms with Crippen LogP contribution >= 0.6 is 11.8 Å². The zero-order chi connectivity index (χ0) is 10.6. The first-order valence-electron chi connectivity index (χ1n) is 5.06. The number of thioether (sulfide) groups is 1. The van der Waals surface area contributed by atoms with Crippen LogP contribution in [0.3, 0.4) is 0 Å². The largest absolute Gasteiger partial charge is 0.369 e. The minimum atomic E-state index is 0.103. The summed E-state index contributed by atoms with van der Waals surface area (Å²) in [5.41, 5.74) is 0. The molecule has 1 saturated heterocycles. The maximum Gasteiger partial charge on any atom is 0.248 e. The molecule has 1 heterocycles. The highest BCUT2D eigenvalue weighted by molar-refractivity contribution is 7.99. The fourth-order valence-corrected chi connectivity index (χ4v) is 2.64. The molecule has 0 saturated carbocycles. The predicted molar refractivity (Wildman–Crippen MR) is 59.6 cm³/mol. The van der Waals surface area contributed by atoms with Crippen LogP contribution in [-0.2, 0) is 9.53 Å². The molecule has 82 valence electrons. The van der Waals surface area contributed by atoms with Crippen molar-refractivity contribution >= 4 is 17.7 Å². The third kappa shape index (κ3) is 3.50. The van der Waals surface area contributed by atoms with Crippen LogP contribution in [0, 0.1) is 0 Å². The van der Waals surface area contributed by atoms with Crippen molar-refractivity contribution in [1.29, 1.82) is 0 Å². The number of hydrogen-bond acceptors (Lipinski definition) is 3. The Morgan fingerprint density at radius 2 is 2.36 bits per heavy atom. The van der Waals surface area contributed by atoms with Gasteiger partial charge in [-0.3, -0.25) is 4.79 Å². The number of rotatable bonds is 4. The van der Waals surface area contributed by atoms with Gasteiger partial charge in [0.2, 0.25) is 5.91 Å². The minimum absolute atomic E-state index is 0.103. The van der Waals surface area contributed by atoms with Crippen LogP contribution in [0.25, 0.3) is 0 Å². The van der Waals surface area contributed by atoms with Crippen molar-refractivity contribution in [3.63, 3.8) is 0 Å². The van der Waals surface area contributed by atoms with Crippen LogP contribution in [0.1, 0.15) is 20.3 Å². The standard InChI is InChI=1S/C10H19NO2S/c1-8(2)13-6-10(12)11(3)9-4-5-14-7-9/h8-9H,4-7H2,1-3H3. The van der Waals surface area contributed by atoms with Crippen molar-refractivity contribution in [2.45, 2.75) is 32.4 Å². The smallest absolute Gasteiger partial charge is 0.248 e. The highest BCUT2D eigenvalue weighted by Crippen LogP contribution is 2.21. The zero-order valence-corrected chi connectivity index (χ0v) is 9.97. The fraction of sp³-hybridized carbons (Fsp3) is 0.900. The number of likely N-dealkylation sites (N-methyl/N-ethyl adjacent to an activating group) is 1. The molecule has 0 spiro atoms. The maximum absolute atomic E-state index is 11.6. The number of ether oxygens (including phenoxy) is 1. The topological polar surface area (TPSA) is 29.5 Å². The Morgan fingerprint density at radius 3 is 2.86 bits per heavy atom. The number of amides is 1. The lowest BCUT2D eigenvalue weighted by atomic mass is 10.2. The molecule has 4 heteroatoms. The Labute approximate surface area is 90.2 Å². The first-order valence-corrected chi connectivity index (χ1v) is 6.21. The highest BCUT2D eigenvalue weighted by Gasteiger charge is 2.23. The lowest BCUT2D eigenvalue weighted by Gasteiger charge is -2.24. The summed E-state index contributed by atoms with van der Waals surface area (Å²) in [4.78, 5) is 13.5. The average molecular weight is 217 g/mol. The summed E-state index contributed by atoms with van der Waals surface area (Å²) in [7, 11) is 1.88. The Hall–Kier alpha value is -0.220. The van der Waals surface area contributed by atoms with Gasteiger partial charge in [0.25, 0.3) is 0 Å². The van der Waals surface area contributed by atoms with E-state index in [1.165, 1.54) is 5.75 Å². The molecule has 1 rings (SSSR count). The van der Waals surface area contributed by atoms with E-state index in [0.717, 1.165) is 12.2 Å². The van der Waals surface area contributed by atoms with Gasteiger partial charge in [0.05, 0.1) is 6.10 Å². The summed E-state index contributed by atoms with van der Waals surface area (Å²) >= 11 is 1.92. The van der Waals surface area contributed by atoms with Gasteiger partial charge in [0.15, 0.2) is 0 Å². The van der Waals surface area contributed by atoms with Gasteiger partial charge in [-0.15, -0.1) is 0 Å². The average Bonchev–Trinajstić information content (AvgIpc) is 2.65. The second-order valence-corrected chi connectivity index (χ2v) is 5.03. The minimum Gasteiger partial charge on any atom is -0.369 e. The molecule has 1 amide bonds. The van der Waals surface area contributed by atoms with E-state index in [0.29, 0.717) is 6.04 Å². The molecule has 3 nitrogen and oxygen atoms in total. The van der Waals surface area contributed by atoms with E-state index in [4.69, 9.17) is 4.74 Å². The quantitative estimate of drug-likeness (QED) is 0.712. The van der Waals surface area contributed by atoms with Gasteiger partial charge in [-0.05, 0) is 26.0 Å². The molecular formula is C10H19NO2S. The van der Waals surface area contributed by atoms with Crippen molar-refractivity contribution in [2.75, 3.05) is 25.2 Å². The molecule has 0 radical (unpaired) electrons. The number of carbonyl (C=O) groups excluding carboxylic acids is 1. The van der Waals surface area contributed by atoms with E-state index < -0.39 is 0 Å². The summed E-state index contributed by atoms with van der Waals surface area (Å²) in [6.07, 6.45) is 1.25. The van der Waals surface area contributed by atoms with Crippen molar-refractivity contribution in [3.8, 4) is 0 Å². The van der Waals surface area contributed by atoms with Gasteiger partial charge < -0.3 is 9.64 Å². The van der Waals surface area contributed by atoms with Crippen LogP contribution in [-0.4, -0.2) is 48.1 Å². The summed E-state index contributed by atoms with van der Waals surface area (Å²) in [6, 6.07) is 0.420. The summed E-state index contributed by atoms with van der Waals surface area (Å²) < 4.78 is 5.29. The van der Waals surface area contributed by atoms with Gasteiger partial charge >= 0.3 is 0 Å². The van der Waals surface area contributed by atoms with Gasteiger partial charge in [0, 0.05) is 18.8 Å². The summed E-state index contributed by atoms with van der Waals surface area (Å²) in [5, 5.41) is 0. The van der Waals surface area contributed by atoms with Crippen LogP contribution in [0.5, 0.6) is 0 Å². The van der Waals surface area contributed by atoms with Crippen LogP contribution in [0.15, 0.2) is 0 Å². The Kier molecular flexibility index (Phi) is 4.75. The van der Waals surface area contributed by atoms with Crippen LogP contribution in [0.2, 0.25) is 0 Å². The lowest BCUT2D eigenvalue weighted by Crippen LogP contribution is -2.39. The second-order valence-electron chi connectivity index (χ2n) is 3.88. The van der Waals surface area contributed by atoms with Gasteiger partial charge in [-0.2, -0.15) is 11.8 Å². The predicted octanol–water partition coefficient (Wildman–Crippen LogP) is 1.38. The number of carbonyl (C=O) groups is 1. The van der Waals surface area contributed by atoms with E-state index in [1.807, 2.05) is 37.6 Å². The number of hydrogen-bond donors (Lipinski definition) is 0. The van der Waals surface area contributed by atoms with Gasteiger partial charge in [0.1, 0.15) is 6.61 Å². The molecule has 0 aliphatic carbocycles. The molecule has 0 aromatic heterocycles. The Morgan fingerprint density at radius 1 is 1.64 bits per heavy atom. The molecule has 1 atom stereocenters. The fourth-order valence-electron chi connectivity index (χ4n) is 1.37. The molecule has 1 aliphatic heterocycles. The SMILES string of the molecule is CC(C)OCC(=O)N(C)C1CCSC1. The molecule has 0 aromatic rings. The molecular weight excluding hydrogens is 198 g/mol. The number of nitrogens with zero attached hydrogens (tertiary/aromatic N) is 1. The first-order chi connectivity index (χ1) is 6.61. The summed E-state index contributed by atoms with van der Waals surface area (Å²) in [5.74, 6) is 2.35. The van der Waals surface area contributed by atoms with E-state index in [9.17, 15) is 4.79 Å². The van der Waals surface area contributed by atoms with Crippen molar-refractivity contribution in [2.24, 2.45) is 0 Å². The normalized spacial score (nSPS) is 21.6. The second kappa shape index (κ2) is 5.61. The highest BCUT2D eigenvalue weighted by atomic mass is 32.2. The first kappa shape index (κ1) is 11.9. The van der Waals surface area contributed by atoms with E-state index in [-0.39, 0.29) is 18.6 Å². The maximum atomic E-state index is 11.6. The van der Waals surface area contributed by atoms with Crippen molar-refractivity contribution in [1.82, 2.24) is 4.90 Å². The monoisotopic (exact) mass is 217 g/mol. The Balaban J connectivity index is 2.28. The lowest BCUT2D eigenvalue weighted by molar-refractivity contribution is -0.137. The molecule has 1 aliphatic rings. The van der Waals surface area contributed by atoms with E-state index >= 15 is 0 Å². The van der Waals surface area contributed by atoms with Crippen molar-refractivity contribution in [3.05, 3.63) is 0 Å². The van der Waals surface area contributed by atoms with Crippen molar-refractivity contribution < 1.29 is 9.53 Å². The van der Waals surface area contributed by atoms with Crippen LogP contribution in [0.4, 0.5) is 0 Å². The van der Waals surface area contributed by atoms with Crippen LogP contribution < -0.4 is 0 Å². The molecule has 0 bridgehead atoms. The molecule has 14 heavy (non-hydrogen) atoms. The van der Waals surface area contributed by atoms with Gasteiger partial charge in [-0.25, -0.2) is 0 Å². The molecule has 0 aromatic carbocycles. The molecule has 1 fully saturated rings. The third-order valence-electron chi connectivity index (χ3n) is 2.39. The Bertz CT molecular complexity index is 191. The zero-order valence-electron chi connectivity index (χ0n) is 9.16. The molecule has 1 unspecified atom stereocenters. The van der Waals surface area contributed by atoms with E-state index in [1.54, 1.807) is 0 Å². The molecule has 0 N–H and O–H groups in total. The van der Waals surface area contributed by atoms with E-state index in [2.05, 4.69) is 0 Å².